The minimum Gasteiger partial charge on any atom is -0.475 e. The van der Waals surface area contributed by atoms with E-state index in [1.54, 1.807) is 10.8 Å². The molecule has 5 rings (SSSR count). The summed E-state index contributed by atoms with van der Waals surface area (Å²) in [6.45, 7) is 2.16. The van der Waals surface area contributed by atoms with Gasteiger partial charge in [-0.2, -0.15) is 13.2 Å². The lowest BCUT2D eigenvalue weighted by atomic mass is 9.80. The average Bonchev–Trinajstić information content (AvgIpc) is 3.21. The van der Waals surface area contributed by atoms with E-state index in [1.165, 1.54) is 12.1 Å². The summed E-state index contributed by atoms with van der Waals surface area (Å²) in [6, 6.07) is 8.59. The van der Waals surface area contributed by atoms with Gasteiger partial charge < -0.3 is 19.9 Å². The van der Waals surface area contributed by atoms with E-state index in [1.807, 2.05) is 38.1 Å². The first-order valence-electron chi connectivity index (χ1n) is 12.6. The maximum absolute atomic E-state index is 13.2. The minimum atomic E-state index is -4.45. The van der Waals surface area contributed by atoms with Crippen molar-refractivity contribution in [2.45, 2.75) is 44.9 Å². The summed E-state index contributed by atoms with van der Waals surface area (Å²) < 4.78 is 41.3. The first-order valence-corrected chi connectivity index (χ1v) is 12.6. The topological polar surface area (TPSA) is 109 Å². The van der Waals surface area contributed by atoms with Crippen LogP contribution in [0.4, 0.5) is 24.7 Å². The van der Waals surface area contributed by atoms with E-state index in [0.717, 1.165) is 37.1 Å². The molecule has 2 N–H and O–H groups in total. The molecule has 1 atom stereocenters. The Morgan fingerprint density at radius 2 is 1.87 bits per heavy atom. The molecule has 1 aliphatic carbocycles. The summed E-state index contributed by atoms with van der Waals surface area (Å²) in [7, 11) is 3.78. The molecule has 1 saturated carbocycles. The van der Waals surface area contributed by atoms with E-state index in [0.29, 0.717) is 34.3 Å². The highest BCUT2D eigenvalue weighted by Crippen LogP contribution is 2.34. The van der Waals surface area contributed by atoms with E-state index in [4.69, 9.17) is 0 Å². The largest absolute Gasteiger partial charge is 0.475 e. The van der Waals surface area contributed by atoms with Crippen molar-refractivity contribution in [2.75, 3.05) is 24.3 Å². The Morgan fingerprint density at radius 1 is 1.15 bits per heavy atom. The fraction of sp³-hybridized carbons (Fsp3) is 0.370. The van der Waals surface area contributed by atoms with E-state index in [-0.39, 0.29) is 18.2 Å². The number of carboxylic acid groups (broad SMARTS) is 1. The van der Waals surface area contributed by atoms with Crippen molar-refractivity contribution in [3.63, 3.8) is 0 Å². The van der Waals surface area contributed by atoms with Crippen molar-refractivity contribution in [1.29, 1.82) is 0 Å². The van der Waals surface area contributed by atoms with Gasteiger partial charge in [-0.15, -0.1) is 0 Å². The number of imidazole rings is 1. The molecule has 1 fully saturated rings. The highest BCUT2D eigenvalue weighted by molar-refractivity contribution is 5.92. The lowest BCUT2D eigenvalue weighted by Crippen LogP contribution is -2.31. The van der Waals surface area contributed by atoms with Crippen LogP contribution in [0.5, 0.6) is 0 Å². The molecule has 204 valence electrons. The number of hydrogen-bond donors (Lipinski definition) is 2. The number of rotatable bonds is 8. The van der Waals surface area contributed by atoms with Gasteiger partial charge in [0.05, 0.1) is 5.56 Å². The van der Waals surface area contributed by atoms with Crippen LogP contribution in [0.1, 0.15) is 47.9 Å². The number of alkyl halides is 3. The minimum absolute atomic E-state index is 0.0200. The predicted octanol–water partition coefficient (Wildman–Crippen LogP) is 5.32. The summed E-state index contributed by atoms with van der Waals surface area (Å²) >= 11 is 0. The number of carboxylic acids is 1. The van der Waals surface area contributed by atoms with Crippen LogP contribution < -0.4 is 10.2 Å². The summed E-state index contributed by atoms with van der Waals surface area (Å²) in [6.07, 6.45) is 0.452. The van der Waals surface area contributed by atoms with Crippen LogP contribution in [0.2, 0.25) is 0 Å². The number of carbonyl (C=O) groups is 1. The van der Waals surface area contributed by atoms with Gasteiger partial charge in [-0.25, -0.2) is 19.7 Å². The summed E-state index contributed by atoms with van der Waals surface area (Å²) in [5.41, 5.74) is 1.83. The quantitative estimate of drug-likeness (QED) is 0.310. The number of anilines is 2. The summed E-state index contributed by atoms with van der Waals surface area (Å²) in [5, 5.41) is 13.1. The smallest absolute Gasteiger partial charge is 0.416 e. The summed E-state index contributed by atoms with van der Waals surface area (Å²) in [4.78, 5) is 31.5. The van der Waals surface area contributed by atoms with Crippen LogP contribution in [-0.4, -0.2) is 55.7 Å². The molecule has 12 heteroatoms. The van der Waals surface area contributed by atoms with Gasteiger partial charge in [0.25, 0.3) is 0 Å². The zero-order valence-electron chi connectivity index (χ0n) is 21.7. The van der Waals surface area contributed by atoms with Gasteiger partial charge in [-0.3, -0.25) is 4.98 Å². The van der Waals surface area contributed by atoms with Gasteiger partial charge in [0.1, 0.15) is 11.2 Å². The first kappa shape index (κ1) is 26.4. The third-order valence-electron chi connectivity index (χ3n) is 7.13. The van der Waals surface area contributed by atoms with Crippen molar-refractivity contribution in [2.24, 2.45) is 5.92 Å². The molecule has 39 heavy (non-hydrogen) atoms. The number of nitrogens with zero attached hydrogens (tertiary/aromatic N) is 6. The lowest BCUT2D eigenvalue weighted by molar-refractivity contribution is -0.137. The van der Waals surface area contributed by atoms with Gasteiger partial charge in [-0.1, -0.05) is 18.6 Å². The third kappa shape index (κ3) is 5.36. The number of pyridine rings is 1. The number of fused-ring (bicyclic) bond motifs is 1. The molecule has 3 aromatic heterocycles. The molecule has 1 aliphatic rings. The van der Waals surface area contributed by atoms with E-state index in [9.17, 15) is 23.1 Å². The van der Waals surface area contributed by atoms with Crippen molar-refractivity contribution in [1.82, 2.24) is 24.5 Å². The Kier molecular flexibility index (Phi) is 6.87. The second-order valence-corrected chi connectivity index (χ2v) is 10.0. The number of halogens is 3. The highest BCUT2D eigenvalue weighted by atomic mass is 19.4. The number of aromatic carboxylic acids is 1. The van der Waals surface area contributed by atoms with Crippen LogP contribution in [0.15, 0.2) is 42.6 Å². The Morgan fingerprint density at radius 3 is 2.46 bits per heavy atom. The maximum Gasteiger partial charge on any atom is 0.416 e. The first-order chi connectivity index (χ1) is 18.5. The molecule has 0 radical (unpaired) electrons. The van der Waals surface area contributed by atoms with Crippen LogP contribution in [0, 0.1) is 5.92 Å². The van der Waals surface area contributed by atoms with Crippen LogP contribution in [0.25, 0.3) is 22.7 Å². The van der Waals surface area contributed by atoms with Gasteiger partial charge in [0, 0.05) is 38.6 Å². The zero-order valence-corrected chi connectivity index (χ0v) is 21.7. The fourth-order valence-electron chi connectivity index (χ4n) is 4.66. The van der Waals surface area contributed by atoms with E-state index < -0.39 is 23.5 Å². The van der Waals surface area contributed by atoms with Gasteiger partial charge in [0.2, 0.25) is 5.82 Å². The van der Waals surface area contributed by atoms with Gasteiger partial charge >= 0.3 is 12.1 Å². The summed E-state index contributed by atoms with van der Waals surface area (Å²) in [5.74, 6) is -0.558. The van der Waals surface area contributed by atoms with Gasteiger partial charge in [0.15, 0.2) is 17.3 Å². The van der Waals surface area contributed by atoms with Crippen molar-refractivity contribution < 1.29 is 23.1 Å². The monoisotopic (exact) mass is 539 g/mol. The SMILES string of the molecule is CC(Nc1nc(C(=O)O)nc2nc(-c3cc(N(C)C)ccn3)n(Cc3ccc(C(F)(F)F)cc3)c12)C1CCC1. The average molecular weight is 540 g/mol. The highest BCUT2D eigenvalue weighted by Gasteiger charge is 2.30. The van der Waals surface area contributed by atoms with E-state index >= 15 is 0 Å². The Labute approximate surface area is 222 Å². The third-order valence-corrected chi connectivity index (χ3v) is 7.13. The molecular weight excluding hydrogens is 511 g/mol. The number of nitrogens with one attached hydrogen (secondary N) is 1. The number of aromatic nitrogens is 5. The molecule has 4 aromatic rings. The maximum atomic E-state index is 13.2. The molecule has 9 nitrogen and oxygen atoms in total. The zero-order chi connectivity index (χ0) is 27.9. The van der Waals surface area contributed by atoms with E-state index in [2.05, 4.69) is 25.3 Å². The normalized spacial score (nSPS) is 14.7. The number of benzene rings is 1. The number of hydrogen-bond acceptors (Lipinski definition) is 7. The molecule has 1 unspecified atom stereocenters. The molecule has 3 heterocycles. The van der Waals surface area contributed by atoms with Crippen molar-refractivity contribution >= 4 is 28.6 Å². The second kappa shape index (κ2) is 10.2. The molecule has 0 saturated heterocycles. The molecular formula is C27H28F3N7O2. The molecule has 0 aliphatic heterocycles. The Balaban J connectivity index is 1.69. The van der Waals surface area contributed by atoms with Crippen LogP contribution in [0.3, 0.4) is 0 Å². The van der Waals surface area contributed by atoms with Crippen molar-refractivity contribution in [3.8, 4) is 11.5 Å². The lowest BCUT2D eigenvalue weighted by Gasteiger charge is -2.32. The molecule has 0 spiro atoms. The molecule has 0 amide bonds. The second-order valence-electron chi connectivity index (χ2n) is 10.0. The predicted molar refractivity (Wildman–Crippen MR) is 141 cm³/mol. The Hall–Kier alpha value is -4.22. The van der Waals surface area contributed by atoms with Gasteiger partial charge in [-0.05, 0) is 55.5 Å². The Bertz CT molecular complexity index is 1510. The van der Waals surface area contributed by atoms with Crippen LogP contribution >= 0.6 is 0 Å². The molecule has 1 aromatic carbocycles. The van der Waals surface area contributed by atoms with Crippen molar-refractivity contribution in [3.05, 3.63) is 59.5 Å². The fourth-order valence-corrected chi connectivity index (χ4v) is 4.66. The standard InChI is InChI=1S/C27H28F3N7O2/c1-15(17-5-4-6-17)32-22-21-23(34-24(33-22)26(38)39)35-25(20-13-19(36(2)3)11-12-31-20)37(21)14-16-7-9-18(10-8-16)27(28,29)30/h7-13,15,17H,4-6,14H2,1-3H3,(H,38,39)(H,32,33,34). The van der Waals surface area contributed by atoms with Crippen LogP contribution in [-0.2, 0) is 12.7 Å². The molecule has 0 bridgehead atoms.